The topological polar surface area (TPSA) is 17.1 Å². The smallest absolute Gasteiger partial charge is 0.168 e. The van der Waals surface area contributed by atoms with E-state index >= 15 is 0 Å². The van der Waals surface area contributed by atoms with E-state index in [9.17, 15) is 4.79 Å². The average molecular weight is 391 g/mol. The second kappa shape index (κ2) is 9.74. The van der Waals surface area contributed by atoms with Gasteiger partial charge in [0, 0.05) is 11.0 Å². The van der Waals surface area contributed by atoms with Crippen LogP contribution >= 0.6 is 0 Å². The molecule has 1 heteroatoms. The van der Waals surface area contributed by atoms with Gasteiger partial charge in [-0.15, -0.1) is 0 Å². The van der Waals surface area contributed by atoms with Crippen LogP contribution in [0.4, 0.5) is 0 Å². The van der Waals surface area contributed by atoms with Crippen molar-refractivity contribution in [3.8, 4) is 11.1 Å². The molecule has 0 aliphatic heterocycles. The first-order chi connectivity index (χ1) is 13.9. The molecule has 0 atom stereocenters. The van der Waals surface area contributed by atoms with Gasteiger partial charge >= 0.3 is 0 Å². The fraction of sp³-hybridized carbons (Fsp3) is 0.536. The van der Waals surface area contributed by atoms with Crippen molar-refractivity contribution < 1.29 is 4.79 Å². The van der Waals surface area contributed by atoms with E-state index in [0.717, 1.165) is 17.4 Å². The predicted molar refractivity (Wildman–Crippen MR) is 125 cm³/mol. The summed E-state index contributed by atoms with van der Waals surface area (Å²) in [5, 5.41) is 0. The minimum atomic E-state index is -0.335. The summed E-state index contributed by atoms with van der Waals surface area (Å²) in [6.45, 7) is 8.21. The molecule has 1 aliphatic rings. The Bertz CT molecular complexity index is 769. The van der Waals surface area contributed by atoms with E-state index in [-0.39, 0.29) is 11.2 Å². The van der Waals surface area contributed by atoms with Gasteiger partial charge in [-0.3, -0.25) is 4.79 Å². The maximum absolute atomic E-state index is 12.4. The lowest BCUT2D eigenvalue weighted by Crippen LogP contribution is -2.19. The van der Waals surface area contributed by atoms with Gasteiger partial charge in [-0.05, 0) is 54.2 Å². The number of unbranched alkanes of at least 4 members (excludes halogenated alkanes) is 2. The van der Waals surface area contributed by atoms with E-state index in [2.05, 4.69) is 43.3 Å². The Morgan fingerprint density at radius 1 is 0.828 bits per heavy atom. The predicted octanol–water partition coefficient (Wildman–Crippen LogP) is 8.44. The molecule has 156 valence electrons. The van der Waals surface area contributed by atoms with Gasteiger partial charge in [0.15, 0.2) is 5.78 Å². The van der Waals surface area contributed by atoms with E-state index in [1.165, 1.54) is 68.1 Å². The van der Waals surface area contributed by atoms with Crippen molar-refractivity contribution in [3.05, 3.63) is 59.7 Å². The molecule has 3 rings (SSSR count). The summed E-state index contributed by atoms with van der Waals surface area (Å²) >= 11 is 0. The molecule has 0 amide bonds. The third-order valence-corrected chi connectivity index (χ3v) is 6.61. The highest BCUT2D eigenvalue weighted by Crippen LogP contribution is 2.38. The fourth-order valence-corrected chi connectivity index (χ4v) is 4.66. The molecule has 0 bridgehead atoms. The Kier molecular flexibility index (Phi) is 7.33. The van der Waals surface area contributed by atoms with Crippen LogP contribution in [0.2, 0.25) is 0 Å². The van der Waals surface area contributed by atoms with Gasteiger partial charge in [0.25, 0.3) is 0 Å². The quantitative estimate of drug-likeness (QED) is 0.342. The van der Waals surface area contributed by atoms with E-state index < -0.39 is 0 Å². The zero-order valence-corrected chi connectivity index (χ0v) is 18.8. The SMILES string of the molecule is CCCCCC1CCC(c2ccc(-c3ccc(C(=O)C(C)(C)C)cc3)cc2)CC1. The van der Waals surface area contributed by atoms with Crippen LogP contribution in [0, 0.1) is 11.3 Å². The van der Waals surface area contributed by atoms with Crippen LogP contribution < -0.4 is 0 Å². The highest BCUT2D eigenvalue weighted by atomic mass is 16.1. The number of carbonyl (C=O) groups is 1. The highest BCUT2D eigenvalue weighted by molar-refractivity contribution is 6.00. The number of hydrogen-bond donors (Lipinski definition) is 0. The maximum atomic E-state index is 12.4. The van der Waals surface area contributed by atoms with Crippen LogP contribution in [0.5, 0.6) is 0 Å². The number of carbonyl (C=O) groups excluding carboxylic acids is 1. The Morgan fingerprint density at radius 2 is 1.38 bits per heavy atom. The molecule has 0 spiro atoms. The molecule has 0 unspecified atom stereocenters. The first kappa shape index (κ1) is 21.8. The molecule has 2 aromatic rings. The monoisotopic (exact) mass is 390 g/mol. The highest BCUT2D eigenvalue weighted by Gasteiger charge is 2.23. The summed E-state index contributed by atoms with van der Waals surface area (Å²) in [6, 6.07) is 17.3. The molecule has 0 N–H and O–H groups in total. The lowest BCUT2D eigenvalue weighted by atomic mass is 9.77. The fourth-order valence-electron chi connectivity index (χ4n) is 4.66. The molecule has 1 saturated carbocycles. The zero-order valence-electron chi connectivity index (χ0n) is 18.8. The minimum absolute atomic E-state index is 0.199. The van der Waals surface area contributed by atoms with Crippen molar-refractivity contribution in [1.82, 2.24) is 0 Å². The third-order valence-electron chi connectivity index (χ3n) is 6.61. The van der Waals surface area contributed by atoms with E-state index in [1.807, 2.05) is 32.9 Å². The van der Waals surface area contributed by atoms with Gasteiger partial charge in [0.05, 0.1) is 0 Å². The summed E-state index contributed by atoms with van der Waals surface area (Å²) in [5.74, 6) is 1.90. The molecule has 0 saturated heterocycles. The van der Waals surface area contributed by atoms with Crippen LogP contribution in [0.1, 0.15) is 101 Å². The largest absolute Gasteiger partial charge is 0.294 e. The first-order valence-corrected chi connectivity index (χ1v) is 11.6. The summed E-state index contributed by atoms with van der Waals surface area (Å²) in [4.78, 5) is 12.4. The normalized spacial score (nSPS) is 19.9. The van der Waals surface area contributed by atoms with Gasteiger partial charge in [-0.1, -0.05) is 102 Å². The molecule has 0 radical (unpaired) electrons. The number of benzene rings is 2. The number of ketones is 1. The first-order valence-electron chi connectivity index (χ1n) is 11.6. The zero-order chi connectivity index (χ0) is 20.9. The Morgan fingerprint density at radius 3 is 1.90 bits per heavy atom. The van der Waals surface area contributed by atoms with Crippen molar-refractivity contribution in [2.75, 3.05) is 0 Å². The second-order valence-corrected chi connectivity index (χ2v) is 9.99. The molecule has 1 aliphatic carbocycles. The van der Waals surface area contributed by atoms with Gasteiger partial charge in [-0.2, -0.15) is 0 Å². The summed E-state index contributed by atoms with van der Waals surface area (Å²) in [5.41, 5.74) is 4.38. The van der Waals surface area contributed by atoms with Crippen LogP contribution in [0.3, 0.4) is 0 Å². The van der Waals surface area contributed by atoms with Crippen LogP contribution in [0.25, 0.3) is 11.1 Å². The third kappa shape index (κ3) is 5.81. The average Bonchev–Trinajstić information content (AvgIpc) is 2.73. The summed E-state index contributed by atoms with van der Waals surface area (Å²) in [6.07, 6.45) is 11.1. The second-order valence-electron chi connectivity index (χ2n) is 9.99. The van der Waals surface area contributed by atoms with Crippen molar-refractivity contribution in [2.24, 2.45) is 11.3 Å². The minimum Gasteiger partial charge on any atom is -0.294 e. The van der Waals surface area contributed by atoms with Gasteiger partial charge < -0.3 is 0 Å². The molecular weight excluding hydrogens is 352 g/mol. The molecule has 0 aromatic heterocycles. The van der Waals surface area contributed by atoms with Crippen LogP contribution in [0.15, 0.2) is 48.5 Å². The maximum Gasteiger partial charge on any atom is 0.168 e. The molecule has 0 heterocycles. The Hall–Kier alpha value is -1.89. The standard InChI is InChI=1S/C28H38O/c1-5-6-7-8-21-9-11-22(12-10-21)23-13-15-24(16-14-23)25-17-19-26(20-18-25)27(29)28(2,3)4/h13-22H,5-12H2,1-4H3. The van der Waals surface area contributed by atoms with Crippen molar-refractivity contribution in [2.45, 2.75) is 85.0 Å². The van der Waals surface area contributed by atoms with Crippen molar-refractivity contribution in [1.29, 1.82) is 0 Å². The van der Waals surface area contributed by atoms with Crippen molar-refractivity contribution >= 4 is 5.78 Å². The number of Topliss-reactive ketones (excluding diaryl/α,β-unsaturated/α-hetero) is 1. The molecule has 2 aromatic carbocycles. The summed E-state index contributed by atoms with van der Waals surface area (Å²) < 4.78 is 0. The van der Waals surface area contributed by atoms with Crippen molar-refractivity contribution in [3.63, 3.8) is 0 Å². The lowest BCUT2D eigenvalue weighted by Gasteiger charge is -2.29. The molecule has 29 heavy (non-hydrogen) atoms. The van der Waals surface area contributed by atoms with E-state index in [4.69, 9.17) is 0 Å². The van der Waals surface area contributed by atoms with E-state index in [1.54, 1.807) is 0 Å². The van der Waals surface area contributed by atoms with Gasteiger partial charge in [0.2, 0.25) is 0 Å². The number of rotatable bonds is 7. The Labute approximate surface area is 177 Å². The lowest BCUT2D eigenvalue weighted by molar-refractivity contribution is 0.0858. The molecule has 1 nitrogen and oxygen atoms in total. The van der Waals surface area contributed by atoms with Crippen LogP contribution in [-0.2, 0) is 0 Å². The van der Waals surface area contributed by atoms with Crippen LogP contribution in [-0.4, -0.2) is 5.78 Å². The van der Waals surface area contributed by atoms with Gasteiger partial charge in [-0.25, -0.2) is 0 Å². The van der Waals surface area contributed by atoms with Gasteiger partial charge in [0.1, 0.15) is 0 Å². The summed E-state index contributed by atoms with van der Waals surface area (Å²) in [7, 11) is 0. The van der Waals surface area contributed by atoms with E-state index in [0.29, 0.717) is 0 Å². The Balaban J connectivity index is 1.59. The number of hydrogen-bond acceptors (Lipinski definition) is 1. The molecule has 1 fully saturated rings. The molecular formula is C28H38O.